The van der Waals surface area contributed by atoms with Gasteiger partial charge in [0, 0.05) is 10.7 Å². The maximum Gasteiger partial charge on any atom is 0.412 e. The maximum atomic E-state index is 11.9. The van der Waals surface area contributed by atoms with Gasteiger partial charge in [0.1, 0.15) is 21.5 Å². The standard InChI is InChI=1S/C19H20BrClN4O2/c1-11-22-15-7-8-16(20)24-17(15)25(11)10-12-5-6-13(9-14(12)21)23-18(26)27-19(2,3)4/h5-9H,10H2,1-4H3,(H,23,26). The first-order valence-electron chi connectivity index (χ1n) is 8.40. The highest BCUT2D eigenvalue weighted by Gasteiger charge is 2.17. The Morgan fingerprint density at radius 3 is 2.67 bits per heavy atom. The van der Waals surface area contributed by atoms with Crippen LogP contribution in [-0.4, -0.2) is 26.2 Å². The number of halogens is 2. The van der Waals surface area contributed by atoms with Crippen molar-refractivity contribution in [2.45, 2.75) is 39.8 Å². The number of imidazole rings is 1. The molecule has 0 saturated carbocycles. The lowest BCUT2D eigenvalue weighted by Crippen LogP contribution is -2.27. The van der Waals surface area contributed by atoms with Gasteiger partial charge in [0.25, 0.3) is 0 Å². The highest BCUT2D eigenvalue weighted by molar-refractivity contribution is 9.10. The molecule has 0 fully saturated rings. The lowest BCUT2D eigenvalue weighted by molar-refractivity contribution is 0.0636. The number of benzene rings is 1. The molecule has 0 saturated heterocycles. The number of amides is 1. The molecule has 1 N–H and O–H groups in total. The van der Waals surface area contributed by atoms with Crippen molar-refractivity contribution in [2.24, 2.45) is 0 Å². The van der Waals surface area contributed by atoms with Crippen molar-refractivity contribution in [3.05, 3.63) is 51.3 Å². The Bertz CT molecular complexity index is 1010. The topological polar surface area (TPSA) is 69.0 Å². The van der Waals surface area contributed by atoms with Gasteiger partial charge in [0.2, 0.25) is 0 Å². The van der Waals surface area contributed by atoms with E-state index in [4.69, 9.17) is 16.3 Å². The van der Waals surface area contributed by atoms with E-state index in [0.717, 1.165) is 27.2 Å². The van der Waals surface area contributed by atoms with Crippen LogP contribution in [0.1, 0.15) is 32.2 Å². The van der Waals surface area contributed by atoms with Crippen molar-refractivity contribution in [3.63, 3.8) is 0 Å². The van der Waals surface area contributed by atoms with E-state index < -0.39 is 11.7 Å². The Morgan fingerprint density at radius 2 is 2.00 bits per heavy atom. The van der Waals surface area contributed by atoms with Crippen LogP contribution >= 0.6 is 27.5 Å². The number of rotatable bonds is 3. The predicted molar refractivity (Wildman–Crippen MR) is 110 cm³/mol. The molecule has 0 aliphatic rings. The highest BCUT2D eigenvalue weighted by atomic mass is 79.9. The summed E-state index contributed by atoms with van der Waals surface area (Å²) in [4.78, 5) is 20.9. The molecule has 0 spiro atoms. The molecule has 8 heteroatoms. The van der Waals surface area contributed by atoms with Crippen molar-refractivity contribution in [1.82, 2.24) is 14.5 Å². The number of aromatic nitrogens is 3. The number of fused-ring (bicyclic) bond motifs is 1. The second-order valence-corrected chi connectivity index (χ2v) is 8.37. The van der Waals surface area contributed by atoms with Gasteiger partial charge in [-0.1, -0.05) is 17.7 Å². The first kappa shape index (κ1) is 19.6. The van der Waals surface area contributed by atoms with Crippen LogP contribution in [0, 0.1) is 6.92 Å². The van der Waals surface area contributed by atoms with Crippen LogP contribution < -0.4 is 5.32 Å². The second-order valence-electron chi connectivity index (χ2n) is 7.15. The number of hydrogen-bond donors (Lipinski definition) is 1. The van der Waals surface area contributed by atoms with E-state index in [9.17, 15) is 4.79 Å². The van der Waals surface area contributed by atoms with E-state index >= 15 is 0 Å². The summed E-state index contributed by atoms with van der Waals surface area (Å²) in [7, 11) is 0. The number of pyridine rings is 1. The van der Waals surface area contributed by atoms with Gasteiger partial charge in [-0.25, -0.2) is 14.8 Å². The quantitative estimate of drug-likeness (QED) is 0.530. The minimum Gasteiger partial charge on any atom is -0.444 e. The fourth-order valence-electron chi connectivity index (χ4n) is 2.63. The number of nitrogens with zero attached hydrogens (tertiary/aromatic N) is 3. The van der Waals surface area contributed by atoms with E-state index in [1.807, 2.05) is 50.5 Å². The molecule has 1 amide bonds. The predicted octanol–water partition coefficient (Wildman–Crippen LogP) is 5.55. The highest BCUT2D eigenvalue weighted by Crippen LogP contribution is 2.25. The Kier molecular flexibility index (Phi) is 5.44. The molecule has 3 rings (SSSR count). The van der Waals surface area contributed by atoms with Gasteiger partial charge in [0.15, 0.2) is 5.65 Å². The van der Waals surface area contributed by atoms with Crippen molar-refractivity contribution >= 4 is 50.5 Å². The first-order chi connectivity index (χ1) is 12.6. The molecule has 3 aromatic rings. The summed E-state index contributed by atoms with van der Waals surface area (Å²) in [6.45, 7) is 7.89. The first-order valence-corrected chi connectivity index (χ1v) is 9.57. The molecule has 0 aliphatic heterocycles. The van der Waals surface area contributed by atoms with Gasteiger partial charge < -0.3 is 9.30 Å². The minimum atomic E-state index is -0.560. The molecular formula is C19H20BrClN4O2. The number of ether oxygens (including phenoxy) is 1. The average Bonchev–Trinajstić information content (AvgIpc) is 2.83. The number of carbonyl (C=O) groups is 1. The molecular weight excluding hydrogens is 432 g/mol. The van der Waals surface area contributed by atoms with Crippen LogP contribution in [-0.2, 0) is 11.3 Å². The van der Waals surface area contributed by atoms with Crippen molar-refractivity contribution in [3.8, 4) is 0 Å². The molecule has 0 unspecified atom stereocenters. The molecule has 27 heavy (non-hydrogen) atoms. The minimum absolute atomic E-state index is 0.517. The maximum absolute atomic E-state index is 11.9. The molecule has 6 nitrogen and oxygen atoms in total. The summed E-state index contributed by atoms with van der Waals surface area (Å²) in [6, 6.07) is 9.16. The number of aryl methyl sites for hydroxylation is 1. The zero-order valence-electron chi connectivity index (χ0n) is 15.5. The fourth-order valence-corrected chi connectivity index (χ4v) is 3.17. The lowest BCUT2D eigenvalue weighted by atomic mass is 10.2. The van der Waals surface area contributed by atoms with Crippen LogP contribution in [0.15, 0.2) is 34.9 Å². The monoisotopic (exact) mass is 450 g/mol. The summed E-state index contributed by atoms with van der Waals surface area (Å²) in [5.74, 6) is 0.850. The SMILES string of the molecule is Cc1nc2ccc(Br)nc2n1Cc1ccc(NC(=O)OC(C)(C)C)cc1Cl. The second kappa shape index (κ2) is 7.48. The molecule has 0 aliphatic carbocycles. The summed E-state index contributed by atoms with van der Waals surface area (Å²) in [5.41, 5.74) is 2.53. The van der Waals surface area contributed by atoms with Gasteiger partial charge in [-0.3, -0.25) is 5.32 Å². The molecule has 0 bridgehead atoms. The Hall–Kier alpha value is -2.12. The average molecular weight is 452 g/mol. The van der Waals surface area contributed by atoms with Gasteiger partial charge in [0.05, 0.1) is 6.54 Å². The van der Waals surface area contributed by atoms with Crippen LogP contribution in [0.3, 0.4) is 0 Å². The number of anilines is 1. The molecule has 1 aromatic carbocycles. The van der Waals surface area contributed by atoms with E-state index in [1.165, 1.54) is 0 Å². The molecule has 2 aromatic heterocycles. The molecule has 2 heterocycles. The van der Waals surface area contributed by atoms with Gasteiger partial charge in [-0.05, 0) is 73.5 Å². The Morgan fingerprint density at radius 1 is 1.26 bits per heavy atom. The summed E-state index contributed by atoms with van der Waals surface area (Å²) in [6.07, 6.45) is -0.517. The number of carbonyl (C=O) groups excluding carboxylic acids is 1. The van der Waals surface area contributed by atoms with Crippen molar-refractivity contribution < 1.29 is 9.53 Å². The summed E-state index contributed by atoms with van der Waals surface area (Å²) < 4.78 is 8.01. The van der Waals surface area contributed by atoms with Crippen LogP contribution in [0.5, 0.6) is 0 Å². The van der Waals surface area contributed by atoms with Crippen molar-refractivity contribution in [2.75, 3.05) is 5.32 Å². The third-order valence-corrected chi connectivity index (χ3v) is 4.57. The number of nitrogens with one attached hydrogen (secondary N) is 1. The third kappa shape index (κ3) is 4.78. The molecule has 142 valence electrons. The summed E-state index contributed by atoms with van der Waals surface area (Å²) in [5, 5.41) is 3.23. The van der Waals surface area contributed by atoms with Crippen LogP contribution in [0.4, 0.5) is 10.5 Å². The van der Waals surface area contributed by atoms with E-state index in [2.05, 4.69) is 31.2 Å². The fraction of sp³-hybridized carbons (Fsp3) is 0.316. The zero-order valence-corrected chi connectivity index (χ0v) is 17.8. The molecule has 0 radical (unpaired) electrons. The van der Waals surface area contributed by atoms with Gasteiger partial charge >= 0.3 is 6.09 Å². The van der Waals surface area contributed by atoms with Gasteiger partial charge in [-0.15, -0.1) is 0 Å². The molecule has 0 atom stereocenters. The Balaban J connectivity index is 1.82. The normalized spacial score (nSPS) is 11.6. The van der Waals surface area contributed by atoms with Crippen LogP contribution in [0.25, 0.3) is 11.2 Å². The van der Waals surface area contributed by atoms with Crippen LogP contribution in [0.2, 0.25) is 5.02 Å². The van der Waals surface area contributed by atoms with Gasteiger partial charge in [-0.2, -0.15) is 0 Å². The Labute approximate surface area is 171 Å². The third-order valence-electron chi connectivity index (χ3n) is 3.78. The number of hydrogen-bond acceptors (Lipinski definition) is 4. The van der Waals surface area contributed by atoms with E-state index in [-0.39, 0.29) is 0 Å². The summed E-state index contributed by atoms with van der Waals surface area (Å²) >= 11 is 9.84. The lowest BCUT2D eigenvalue weighted by Gasteiger charge is -2.20. The smallest absolute Gasteiger partial charge is 0.412 e. The van der Waals surface area contributed by atoms with E-state index in [0.29, 0.717) is 17.3 Å². The van der Waals surface area contributed by atoms with Crippen molar-refractivity contribution in [1.29, 1.82) is 0 Å². The zero-order chi connectivity index (χ0) is 19.8. The van der Waals surface area contributed by atoms with E-state index in [1.54, 1.807) is 12.1 Å². The largest absolute Gasteiger partial charge is 0.444 e.